The highest BCUT2D eigenvalue weighted by Gasteiger charge is 2.30. The van der Waals surface area contributed by atoms with E-state index >= 15 is 0 Å². The molecule has 3 nitrogen and oxygen atoms in total. The normalized spacial score (nSPS) is 24.1. The summed E-state index contributed by atoms with van der Waals surface area (Å²) in [4.78, 5) is 12.2. The van der Waals surface area contributed by atoms with E-state index in [0.29, 0.717) is 12.3 Å². The molecule has 0 saturated heterocycles. The third kappa shape index (κ3) is 3.80. The van der Waals surface area contributed by atoms with E-state index in [-0.39, 0.29) is 24.5 Å². The van der Waals surface area contributed by atoms with Gasteiger partial charge in [0.25, 0.3) is 0 Å². The second-order valence-electron chi connectivity index (χ2n) is 5.59. The average Bonchev–Trinajstić information content (AvgIpc) is 2.85. The Morgan fingerprint density at radius 2 is 2.11 bits per heavy atom. The van der Waals surface area contributed by atoms with Crippen LogP contribution in [0, 0.1) is 11.8 Å². The molecule has 0 spiro atoms. The molecule has 3 atom stereocenters. The van der Waals surface area contributed by atoms with Gasteiger partial charge in [0.1, 0.15) is 0 Å². The summed E-state index contributed by atoms with van der Waals surface area (Å²) >= 11 is 0. The molecule has 0 aliphatic heterocycles. The highest BCUT2D eigenvalue weighted by molar-refractivity contribution is 5.79. The Morgan fingerprint density at radius 1 is 1.37 bits per heavy atom. The minimum absolute atomic E-state index is 0.0122. The van der Waals surface area contributed by atoms with Gasteiger partial charge < -0.3 is 10.4 Å². The third-order valence-electron chi connectivity index (χ3n) is 4.09. The van der Waals surface area contributed by atoms with Crippen molar-refractivity contribution in [1.29, 1.82) is 0 Å². The Hall–Kier alpha value is -1.35. The number of benzene rings is 1. The lowest BCUT2D eigenvalue weighted by molar-refractivity contribution is -0.126. The largest absolute Gasteiger partial charge is 0.394 e. The van der Waals surface area contributed by atoms with Gasteiger partial charge in [-0.1, -0.05) is 43.7 Å². The van der Waals surface area contributed by atoms with Crippen LogP contribution in [-0.4, -0.2) is 23.7 Å². The molecule has 1 aliphatic carbocycles. The first kappa shape index (κ1) is 14.1. The molecule has 1 aliphatic rings. The molecule has 0 radical (unpaired) electrons. The van der Waals surface area contributed by atoms with E-state index in [2.05, 4.69) is 12.2 Å². The van der Waals surface area contributed by atoms with Crippen molar-refractivity contribution in [2.24, 2.45) is 11.8 Å². The fourth-order valence-electron chi connectivity index (χ4n) is 2.90. The monoisotopic (exact) mass is 261 g/mol. The van der Waals surface area contributed by atoms with Crippen LogP contribution in [0.25, 0.3) is 0 Å². The highest BCUT2D eigenvalue weighted by Crippen LogP contribution is 2.31. The van der Waals surface area contributed by atoms with Gasteiger partial charge in [0.05, 0.1) is 12.6 Å². The molecule has 1 aromatic carbocycles. The van der Waals surface area contributed by atoms with E-state index in [1.165, 1.54) is 0 Å². The molecule has 2 rings (SSSR count). The van der Waals surface area contributed by atoms with Crippen molar-refractivity contribution in [3.05, 3.63) is 35.9 Å². The molecule has 1 fully saturated rings. The Bertz CT molecular complexity index is 404. The Balaban J connectivity index is 1.90. The number of nitrogens with one attached hydrogen (secondary N) is 1. The van der Waals surface area contributed by atoms with Crippen LogP contribution in [0.1, 0.15) is 31.7 Å². The van der Waals surface area contributed by atoms with Gasteiger partial charge in [-0.05, 0) is 30.7 Å². The topological polar surface area (TPSA) is 49.3 Å². The van der Waals surface area contributed by atoms with Crippen LogP contribution >= 0.6 is 0 Å². The molecule has 19 heavy (non-hydrogen) atoms. The molecule has 104 valence electrons. The number of hydrogen-bond acceptors (Lipinski definition) is 2. The average molecular weight is 261 g/mol. The van der Waals surface area contributed by atoms with Gasteiger partial charge in [0.2, 0.25) is 5.91 Å². The summed E-state index contributed by atoms with van der Waals surface area (Å²) in [5.41, 5.74) is 1.14. The van der Waals surface area contributed by atoms with Crippen molar-refractivity contribution in [2.45, 2.75) is 38.6 Å². The standard InChI is InChI=1S/C16H23NO2/c1-12-6-5-9-15(12)16(19)17-14(11-18)10-13-7-3-2-4-8-13/h2-4,7-8,12,14-15,18H,5-6,9-11H2,1H3,(H,17,19)/t12?,14-,15?/m0/s1. The molecule has 2 N–H and O–H groups in total. The maximum atomic E-state index is 12.2. The number of amides is 1. The molecule has 1 saturated carbocycles. The summed E-state index contributed by atoms with van der Waals surface area (Å²) in [5.74, 6) is 0.709. The van der Waals surface area contributed by atoms with Crippen molar-refractivity contribution in [3.8, 4) is 0 Å². The number of carbonyl (C=O) groups is 1. The summed E-state index contributed by atoms with van der Waals surface area (Å²) < 4.78 is 0. The lowest BCUT2D eigenvalue weighted by Crippen LogP contribution is -2.42. The van der Waals surface area contributed by atoms with Gasteiger partial charge in [0.15, 0.2) is 0 Å². The third-order valence-corrected chi connectivity index (χ3v) is 4.09. The van der Waals surface area contributed by atoms with Crippen LogP contribution < -0.4 is 5.32 Å². The molecular weight excluding hydrogens is 238 g/mol. The predicted octanol–water partition coefficient (Wildman–Crippen LogP) is 2.14. The van der Waals surface area contributed by atoms with Crippen LogP contribution in [0.2, 0.25) is 0 Å². The van der Waals surface area contributed by atoms with Crippen LogP contribution in [-0.2, 0) is 11.2 Å². The smallest absolute Gasteiger partial charge is 0.223 e. The summed E-state index contributed by atoms with van der Waals surface area (Å²) in [7, 11) is 0. The van der Waals surface area contributed by atoms with Crippen molar-refractivity contribution in [3.63, 3.8) is 0 Å². The molecule has 3 heteroatoms. The molecule has 0 bridgehead atoms. The zero-order valence-electron chi connectivity index (χ0n) is 11.5. The van der Waals surface area contributed by atoms with E-state index in [1.807, 2.05) is 30.3 Å². The minimum atomic E-state index is -0.178. The van der Waals surface area contributed by atoms with Crippen molar-refractivity contribution in [1.82, 2.24) is 5.32 Å². The van der Waals surface area contributed by atoms with Crippen LogP contribution in [0.3, 0.4) is 0 Å². The molecule has 1 amide bonds. The summed E-state index contributed by atoms with van der Waals surface area (Å²) in [6.07, 6.45) is 3.95. The predicted molar refractivity (Wildman–Crippen MR) is 75.7 cm³/mol. The maximum Gasteiger partial charge on any atom is 0.223 e. The van der Waals surface area contributed by atoms with E-state index in [9.17, 15) is 9.90 Å². The van der Waals surface area contributed by atoms with E-state index < -0.39 is 0 Å². The summed E-state index contributed by atoms with van der Waals surface area (Å²) in [6, 6.07) is 9.79. The maximum absolute atomic E-state index is 12.2. The second kappa shape index (κ2) is 6.71. The lowest BCUT2D eigenvalue weighted by Gasteiger charge is -2.21. The first-order valence-electron chi connectivity index (χ1n) is 7.16. The van der Waals surface area contributed by atoms with Crippen LogP contribution in [0.15, 0.2) is 30.3 Å². The van der Waals surface area contributed by atoms with Crippen LogP contribution in [0.5, 0.6) is 0 Å². The SMILES string of the molecule is CC1CCCC1C(=O)N[C@H](CO)Cc1ccccc1. The molecule has 0 heterocycles. The molecule has 2 unspecified atom stereocenters. The summed E-state index contributed by atoms with van der Waals surface area (Å²) in [6.45, 7) is 2.13. The van der Waals surface area contributed by atoms with Crippen molar-refractivity contribution < 1.29 is 9.90 Å². The first-order chi connectivity index (χ1) is 9.20. The van der Waals surface area contributed by atoms with Gasteiger partial charge in [-0.25, -0.2) is 0 Å². The van der Waals surface area contributed by atoms with Gasteiger partial charge in [-0.2, -0.15) is 0 Å². The number of aliphatic hydroxyl groups excluding tert-OH is 1. The fraction of sp³-hybridized carbons (Fsp3) is 0.562. The zero-order chi connectivity index (χ0) is 13.7. The fourth-order valence-corrected chi connectivity index (χ4v) is 2.90. The molecular formula is C16H23NO2. The van der Waals surface area contributed by atoms with Crippen LogP contribution in [0.4, 0.5) is 0 Å². The quantitative estimate of drug-likeness (QED) is 0.853. The zero-order valence-corrected chi connectivity index (χ0v) is 11.5. The first-order valence-corrected chi connectivity index (χ1v) is 7.16. The van der Waals surface area contributed by atoms with Crippen molar-refractivity contribution in [2.75, 3.05) is 6.61 Å². The number of hydrogen-bond donors (Lipinski definition) is 2. The van der Waals surface area contributed by atoms with Gasteiger partial charge >= 0.3 is 0 Å². The van der Waals surface area contributed by atoms with Gasteiger partial charge in [0, 0.05) is 5.92 Å². The van der Waals surface area contributed by atoms with Gasteiger partial charge in [-0.15, -0.1) is 0 Å². The second-order valence-corrected chi connectivity index (χ2v) is 5.59. The number of carbonyl (C=O) groups excluding carboxylic acids is 1. The Kier molecular flexibility index (Phi) is 4.97. The highest BCUT2D eigenvalue weighted by atomic mass is 16.3. The van der Waals surface area contributed by atoms with Gasteiger partial charge in [-0.3, -0.25) is 4.79 Å². The summed E-state index contributed by atoms with van der Waals surface area (Å²) in [5, 5.41) is 12.4. The number of aliphatic hydroxyl groups is 1. The van der Waals surface area contributed by atoms with E-state index in [4.69, 9.17) is 0 Å². The Labute approximate surface area is 115 Å². The minimum Gasteiger partial charge on any atom is -0.394 e. The lowest BCUT2D eigenvalue weighted by atomic mass is 9.96. The number of rotatable bonds is 5. The Morgan fingerprint density at radius 3 is 2.68 bits per heavy atom. The van der Waals surface area contributed by atoms with E-state index in [0.717, 1.165) is 24.8 Å². The molecule has 0 aromatic heterocycles. The van der Waals surface area contributed by atoms with E-state index in [1.54, 1.807) is 0 Å². The molecule has 1 aromatic rings. The van der Waals surface area contributed by atoms with Crippen molar-refractivity contribution >= 4 is 5.91 Å².